The Bertz CT molecular complexity index is 516. The first-order valence-electron chi connectivity index (χ1n) is 5.80. The van der Waals surface area contributed by atoms with Crippen molar-refractivity contribution in [3.8, 4) is 11.5 Å². The highest BCUT2D eigenvalue weighted by molar-refractivity contribution is 5.71. The summed E-state index contributed by atoms with van der Waals surface area (Å²) in [5.41, 5.74) is 6.16. The highest BCUT2D eigenvalue weighted by Crippen LogP contribution is 2.28. The van der Waals surface area contributed by atoms with Gasteiger partial charge in [-0.1, -0.05) is 6.07 Å². The van der Waals surface area contributed by atoms with Crippen LogP contribution in [0.3, 0.4) is 0 Å². The van der Waals surface area contributed by atoms with Crippen LogP contribution in [0.5, 0.6) is 0 Å². The third-order valence-corrected chi connectivity index (χ3v) is 2.72. The van der Waals surface area contributed by atoms with E-state index in [2.05, 4.69) is 10.1 Å². The predicted molar refractivity (Wildman–Crippen MR) is 67.7 cm³/mol. The summed E-state index contributed by atoms with van der Waals surface area (Å²) in [4.78, 5) is 6.08. The SMILES string of the molecule is CCN(CC)c1noc(-c2c(N)cccc2F)n1. The topological polar surface area (TPSA) is 68.2 Å². The number of hydrogen-bond donors (Lipinski definition) is 1. The summed E-state index contributed by atoms with van der Waals surface area (Å²) in [7, 11) is 0. The lowest BCUT2D eigenvalue weighted by Gasteiger charge is -2.14. The zero-order valence-electron chi connectivity index (χ0n) is 10.4. The highest BCUT2D eigenvalue weighted by Gasteiger charge is 2.18. The van der Waals surface area contributed by atoms with Crippen LogP contribution in [0.4, 0.5) is 16.0 Å². The van der Waals surface area contributed by atoms with E-state index in [1.54, 1.807) is 6.07 Å². The van der Waals surface area contributed by atoms with E-state index in [0.717, 1.165) is 13.1 Å². The first-order valence-corrected chi connectivity index (χ1v) is 5.80. The van der Waals surface area contributed by atoms with Gasteiger partial charge in [0.15, 0.2) is 0 Å². The minimum Gasteiger partial charge on any atom is -0.398 e. The molecule has 0 bridgehead atoms. The van der Waals surface area contributed by atoms with E-state index < -0.39 is 5.82 Å². The molecule has 1 aromatic carbocycles. The number of nitrogen functional groups attached to an aromatic ring is 1. The van der Waals surface area contributed by atoms with Crippen molar-refractivity contribution < 1.29 is 8.91 Å². The van der Waals surface area contributed by atoms with E-state index in [9.17, 15) is 4.39 Å². The Kier molecular flexibility index (Phi) is 3.45. The maximum Gasteiger partial charge on any atom is 0.266 e. The summed E-state index contributed by atoms with van der Waals surface area (Å²) < 4.78 is 18.8. The molecule has 2 aromatic rings. The molecule has 2 N–H and O–H groups in total. The average molecular weight is 250 g/mol. The van der Waals surface area contributed by atoms with E-state index in [1.807, 2.05) is 18.7 Å². The van der Waals surface area contributed by atoms with Crippen LogP contribution in [0.25, 0.3) is 11.5 Å². The standard InChI is InChI=1S/C12H15FN4O/c1-3-17(4-2)12-15-11(18-16-12)10-8(13)6-5-7-9(10)14/h5-7H,3-4,14H2,1-2H3. The normalized spacial score (nSPS) is 10.6. The Labute approximate surface area is 104 Å². The van der Waals surface area contributed by atoms with E-state index in [-0.39, 0.29) is 17.1 Å². The van der Waals surface area contributed by atoms with Crippen molar-refractivity contribution in [2.24, 2.45) is 0 Å². The zero-order valence-corrected chi connectivity index (χ0v) is 10.4. The molecule has 5 nitrogen and oxygen atoms in total. The second kappa shape index (κ2) is 5.03. The Morgan fingerprint density at radius 3 is 2.67 bits per heavy atom. The molecule has 0 fully saturated rings. The molecule has 18 heavy (non-hydrogen) atoms. The number of hydrogen-bond acceptors (Lipinski definition) is 5. The Hall–Kier alpha value is -2.11. The molecule has 0 radical (unpaired) electrons. The second-order valence-electron chi connectivity index (χ2n) is 3.78. The van der Waals surface area contributed by atoms with Gasteiger partial charge < -0.3 is 15.2 Å². The van der Waals surface area contributed by atoms with Gasteiger partial charge in [-0.3, -0.25) is 0 Å². The molecule has 0 unspecified atom stereocenters. The van der Waals surface area contributed by atoms with Crippen molar-refractivity contribution in [3.63, 3.8) is 0 Å². The number of aromatic nitrogens is 2. The van der Waals surface area contributed by atoms with Crippen LogP contribution in [0, 0.1) is 5.82 Å². The monoisotopic (exact) mass is 250 g/mol. The molecule has 0 spiro atoms. The summed E-state index contributed by atoms with van der Waals surface area (Å²) >= 11 is 0. The minimum absolute atomic E-state index is 0.104. The summed E-state index contributed by atoms with van der Waals surface area (Å²) in [6, 6.07) is 4.45. The maximum absolute atomic E-state index is 13.7. The zero-order chi connectivity index (χ0) is 13.1. The predicted octanol–water partition coefficient (Wildman–Crippen LogP) is 2.30. The lowest BCUT2D eigenvalue weighted by molar-refractivity contribution is 0.427. The average Bonchev–Trinajstić information content (AvgIpc) is 2.80. The molecule has 0 amide bonds. The highest BCUT2D eigenvalue weighted by atomic mass is 19.1. The largest absolute Gasteiger partial charge is 0.398 e. The number of nitrogens with two attached hydrogens (primary N) is 1. The quantitative estimate of drug-likeness (QED) is 0.843. The molecule has 0 aliphatic rings. The van der Waals surface area contributed by atoms with Crippen LogP contribution >= 0.6 is 0 Å². The van der Waals surface area contributed by atoms with Crippen LogP contribution in [0.1, 0.15) is 13.8 Å². The lowest BCUT2D eigenvalue weighted by Crippen LogP contribution is -2.22. The lowest BCUT2D eigenvalue weighted by atomic mass is 10.1. The Morgan fingerprint density at radius 1 is 1.33 bits per heavy atom. The van der Waals surface area contributed by atoms with E-state index in [0.29, 0.717) is 5.95 Å². The number of anilines is 2. The fraction of sp³-hybridized carbons (Fsp3) is 0.333. The summed E-state index contributed by atoms with van der Waals surface area (Å²) in [5.74, 6) is 0.0786. The van der Waals surface area contributed by atoms with Gasteiger partial charge in [0, 0.05) is 18.8 Å². The maximum atomic E-state index is 13.7. The number of benzene rings is 1. The molecule has 2 rings (SSSR count). The van der Waals surface area contributed by atoms with Gasteiger partial charge in [0.05, 0.1) is 5.56 Å². The second-order valence-corrected chi connectivity index (χ2v) is 3.78. The van der Waals surface area contributed by atoms with Gasteiger partial charge in [-0.2, -0.15) is 4.98 Å². The van der Waals surface area contributed by atoms with E-state index in [1.165, 1.54) is 12.1 Å². The summed E-state index contributed by atoms with van der Waals surface area (Å²) in [5, 5.41) is 3.83. The number of rotatable bonds is 4. The van der Waals surface area contributed by atoms with Crippen molar-refractivity contribution in [2.45, 2.75) is 13.8 Å². The molecule has 1 aromatic heterocycles. The molecule has 0 saturated heterocycles. The fourth-order valence-electron chi connectivity index (χ4n) is 1.72. The van der Waals surface area contributed by atoms with Gasteiger partial charge in [0.1, 0.15) is 5.82 Å². The van der Waals surface area contributed by atoms with Gasteiger partial charge in [0.2, 0.25) is 0 Å². The van der Waals surface area contributed by atoms with Gasteiger partial charge >= 0.3 is 0 Å². The van der Waals surface area contributed by atoms with Crippen molar-refractivity contribution in [2.75, 3.05) is 23.7 Å². The molecule has 0 aliphatic carbocycles. The van der Waals surface area contributed by atoms with E-state index >= 15 is 0 Å². The van der Waals surface area contributed by atoms with Gasteiger partial charge in [0.25, 0.3) is 11.8 Å². The number of halogens is 1. The third-order valence-electron chi connectivity index (χ3n) is 2.72. The van der Waals surface area contributed by atoms with Crippen LogP contribution in [-0.2, 0) is 0 Å². The Morgan fingerprint density at radius 2 is 2.06 bits per heavy atom. The van der Waals surface area contributed by atoms with Gasteiger partial charge in [-0.15, -0.1) is 0 Å². The first-order chi connectivity index (χ1) is 8.67. The third kappa shape index (κ3) is 2.13. The van der Waals surface area contributed by atoms with Crippen molar-refractivity contribution in [1.82, 2.24) is 10.1 Å². The van der Waals surface area contributed by atoms with Gasteiger partial charge in [-0.05, 0) is 31.1 Å². The van der Waals surface area contributed by atoms with Crippen LogP contribution in [0.15, 0.2) is 22.7 Å². The molecule has 0 saturated carbocycles. The fourth-order valence-corrected chi connectivity index (χ4v) is 1.72. The minimum atomic E-state index is -0.468. The molecular weight excluding hydrogens is 235 g/mol. The molecule has 0 atom stereocenters. The van der Waals surface area contributed by atoms with Crippen LogP contribution < -0.4 is 10.6 Å². The van der Waals surface area contributed by atoms with Crippen LogP contribution in [-0.4, -0.2) is 23.2 Å². The first kappa shape index (κ1) is 12.3. The molecule has 1 heterocycles. The van der Waals surface area contributed by atoms with Crippen molar-refractivity contribution in [1.29, 1.82) is 0 Å². The molecule has 0 aliphatic heterocycles. The summed E-state index contributed by atoms with van der Waals surface area (Å²) in [6.45, 7) is 5.47. The summed E-state index contributed by atoms with van der Waals surface area (Å²) in [6.07, 6.45) is 0. The number of nitrogens with zero attached hydrogens (tertiary/aromatic N) is 3. The smallest absolute Gasteiger partial charge is 0.266 e. The Balaban J connectivity index is 2.41. The molecular formula is C12H15FN4O. The van der Waals surface area contributed by atoms with Crippen molar-refractivity contribution in [3.05, 3.63) is 24.0 Å². The van der Waals surface area contributed by atoms with Crippen molar-refractivity contribution >= 4 is 11.6 Å². The molecule has 96 valence electrons. The van der Waals surface area contributed by atoms with E-state index in [4.69, 9.17) is 10.3 Å². The van der Waals surface area contributed by atoms with Crippen LogP contribution in [0.2, 0.25) is 0 Å². The molecule has 6 heteroatoms. The van der Waals surface area contributed by atoms with Gasteiger partial charge in [-0.25, -0.2) is 4.39 Å².